The highest BCUT2D eigenvalue weighted by atomic mass is 35.5. The Morgan fingerprint density at radius 3 is 2.31 bits per heavy atom. The predicted molar refractivity (Wildman–Crippen MR) is 126 cm³/mol. The van der Waals surface area contributed by atoms with Crippen molar-refractivity contribution in [3.63, 3.8) is 0 Å². The molecule has 2 amide bonds. The molecule has 1 heterocycles. The first kappa shape index (κ1) is 23.4. The normalized spacial score (nSPS) is 10.9. The summed E-state index contributed by atoms with van der Waals surface area (Å²) < 4.78 is 7.06. The van der Waals surface area contributed by atoms with E-state index < -0.39 is 11.8 Å². The molecule has 0 aliphatic rings. The van der Waals surface area contributed by atoms with Crippen LogP contribution in [0.25, 0.3) is 5.69 Å². The number of benzene rings is 2. The summed E-state index contributed by atoms with van der Waals surface area (Å²) in [5.41, 5.74) is 6.49. The van der Waals surface area contributed by atoms with Gasteiger partial charge in [0, 0.05) is 39.2 Å². The topological polar surface area (TPSA) is 84.7 Å². The maximum Gasteiger partial charge on any atom is 0.329 e. The average Bonchev–Trinajstić information content (AvgIpc) is 3.04. The predicted octanol–water partition coefficient (Wildman–Crippen LogP) is 4.18. The van der Waals surface area contributed by atoms with Crippen molar-refractivity contribution in [3.8, 4) is 11.4 Å². The fourth-order valence-corrected chi connectivity index (χ4v) is 3.72. The van der Waals surface area contributed by atoms with Gasteiger partial charge in [-0.25, -0.2) is 5.43 Å². The van der Waals surface area contributed by atoms with Crippen LogP contribution in [0, 0.1) is 13.8 Å². The number of aromatic nitrogens is 1. The summed E-state index contributed by atoms with van der Waals surface area (Å²) in [6.07, 6.45) is 1.49. The average molecular weight is 473 g/mol. The largest absolute Gasteiger partial charge is 0.497 e. The van der Waals surface area contributed by atoms with E-state index in [0.29, 0.717) is 15.8 Å². The molecule has 0 saturated carbocycles. The zero-order chi connectivity index (χ0) is 23.3. The lowest BCUT2D eigenvalue weighted by Gasteiger charge is -2.10. The van der Waals surface area contributed by atoms with Crippen molar-refractivity contribution in [2.75, 3.05) is 7.11 Å². The molecule has 0 spiro atoms. The number of hydrogen-bond acceptors (Lipinski definition) is 4. The highest BCUT2D eigenvalue weighted by Crippen LogP contribution is 2.26. The highest BCUT2D eigenvalue weighted by Gasteiger charge is 2.13. The molecule has 0 atom stereocenters. The lowest BCUT2D eigenvalue weighted by Crippen LogP contribution is -2.37. The molecule has 1 aromatic heterocycles. The van der Waals surface area contributed by atoms with Gasteiger partial charge in [0.15, 0.2) is 0 Å². The summed E-state index contributed by atoms with van der Waals surface area (Å²) in [7, 11) is 1.58. The molecule has 2 N–H and O–H groups in total. The lowest BCUT2D eigenvalue weighted by molar-refractivity contribution is -0.139. The number of nitrogens with one attached hydrogen (secondary N) is 2. The molecule has 0 bridgehead atoms. The van der Waals surface area contributed by atoms with Crippen LogP contribution in [0.2, 0.25) is 10.0 Å². The second-order valence-electron chi connectivity index (χ2n) is 7.02. The van der Waals surface area contributed by atoms with Crippen LogP contribution >= 0.6 is 23.2 Å². The van der Waals surface area contributed by atoms with Gasteiger partial charge in [0.1, 0.15) is 5.75 Å². The van der Waals surface area contributed by atoms with Crippen LogP contribution in [-0.2, 0) is 16.1 Å². The first-order valence-corrected chi connectivity index (χ1v) is 10.4. The third kappa shape index (κ3) is 5.69. The molecule has 0 unspecified atom stereocenters. The van der Waals surface area contributed by atoms with Gasteiger partial charge in [0.25, 0.3) is 0 Å². The van der Waals surface area contributed by atoms with Gasteiger partial charge < -0.3 is 14.6 Å². The van der Waals surface area contributed by atoms with E-state index in [0.717, 1.165) is 28.2 Å². The molecule has 0 fully saturated rings. The Labute approximate surface area is 196 Å². The number of nitrogens with zero attached hydrogens (tertiary/aromatic N) is 2. The van der Waals surface area contributed by atoms with E-state index >= 15 is 0 Å². The molecule has 3 rings (SSSR count). The number of carbonyl (C=O) groups excluding carboxylic acids is 2. The SMILES string of the molecule is COc1ccc(CNC(=O)C(=O)N/N=C\c2cc(C)n(-c3cc(Cl)cc(Cl)c3)c2C)cc1. The summed E-state index contributed by atoms with van der Waals surface area (Å²) in [5, 5.41) is 7.53. The molecule has 2 aromatic carbocycles. The van der Waals surface area contributed by atoms with Crippen molar-refractivity contribution in [1.82, 2.24) is 15.3 Å². The highest BCUT2D eigenvalue weighted by molar-refractivity contribution is 6.35. The lowest BCUT2D eigenvalue weighted by atomic mass is 10.2. The van der Waals surface area contributed by atoms with Gasteiger partial charge in [-0.3, -0.25) is 9.59 Å². The Hall–Kier alpha value is -3.29. The van der Waals surface area contributed by atoms with Gasteiger partial charge >= 0.3 is 11.8 Å². The number of ether oxygens (including phenoxy) is 1. The minimum Gasteiger partial charge on any atom is -0.497 e. The first-order valence-electron chi connectivity index (χ1n) is 9.68. The smallest absolute Gasteiger partial charge is 0.329 e. The van der Waals surface area contributed by atoms with Gasteiger partial charge in [-0.2, -0.15) is 5.10 Å². The molecule has 7 nitrogen and oxygen atoms in total. The van der Waals surface area contributed by atoms with Gasteiger partial charge in [-0.05, 0) is 55.8 Å². The molecule has 3 aromatic rings. The maximum absolute atomic E-state index is 12.0. The van der Waals surface area contributed by atoms with Gasteiger partial charge in [0.05, 0.1) is 13.3 Å². The summed E-state index contributed by atoms with van der Waals surface area (Å²) in [6, 6.07) is 14.4. The van der Waals surface area contributed by atoms with Crippen LogP contribution in [0.4, 0.5) is 0 Å². The minimum absolute atomic E-state index is 0.212. The molecule has 9 heteroatoms. The number of methoxy groups -OCH3 is 1. The van der Waals surface area contributed by atoms with Crippen molar-refractivity contribution in [3.05, 3.63) is 81.1 Å². The van der Waals surface area contributed by atoms with E-state index in [2.05, 4.69) is 15.8 Å². The number of carbonyl (C=O) groups is 2. The minimum atomic E-state index is -0.856. The van der Waals surface area contributed by atoms with Gasteiger partial charge in [-0.1, -0.05) is 35.3 Å². The molecule has 0 aliphatic heterocycles. The zero-order valence-electron chi connectivity index (χ0n) is 17.8. The molecule has 0 aliphatic carbocycles. The Balaban J connectivity index is 1.61. The molecule has 32 heavy (non-hydrogen) atoms. The Kier molecular flexibility index (Phi) is 7.56. The van der Waals surface area contributed by atoms with Crippen molar-refractivity contribution in [2.24, 2.45) is 5.10 Å². The van der Waals surface area contributed by atoms with Crippen LogP contribution in [-0.4, -0.2) is 29.7 Å². The fourth-order valence-electron chi connectivity index (χ4n) is 3.20. The van der Waals surface area contributed by atoms with E-state index in [9.17, 15) is 9.59 Å². The summed E-state index contributed by atoms with van der Waals surface area (Å²) >= 11 is 12.2. The van der Waals surface area contributed by atoms with Crippen molar-refractivity contribution >= 4 is 41.2 Å². The maximum atomic E-state index is 12.0. The molecule has 0 saturated heterocycles. The third-order valence-electron chi connectivity index (χ3n) is 4.76. The van der Waals surface area contributed by atoms with E-state index in [1.54, 1.807) is 37.4 Å². The monoisotopic (exact) mass is 472 g/mol. The Morgan fingerprint density at radius 1 is 1.03 bits per heavy atom. The van der Waals surface area contributed by atoms with Crippen molar-refractivity contribution < 1.29 is 14.3 Å². The quantitative estimate of drug-likeness (QED) is 0.320. The van der Waals surface area contributed by atoms with E-state index in [1.165, 1.54) is 6.21 Å². The van der Waals surface area contributed by atoms with Crippen LogP contribution in [0.3, 0.4) is 0 Å². The van der Waals surface area contributed by atoms with Crippen LogP contribution < -0.4 is 15.5 Å². The number of halogens is 2. The van der Waals surface area contributed by atoms with E-state index in [-0.39, 0.29) is 6.54 Å². The van der Waals surface area contributed by atoms with Crippen molar-refractivity contribution in [1.29, 1.82) is 0 Å². The molecular formula is C23H22Cl2N4O3. The standard InChI is InChI=1S/C23H22Cl2N4O3/c1-14-8-17(15(2)29(14)20-10-18(24)9-19(25)11-20)13-27-28-23(31)22(30)26-12-16-4-6-21(32-3)7-5-16/h4-11,13H,12H2,1-3H3,(H,26,30)(H,28,31)/b27-13-. The zero-order valence-corrected chi connectivity index (χ0v) is 19.3. The number of rotatable bonds is 6. The van der Waals surface area contributed by atoms with Gasteiger partial charge in [0.2, 0.25) is 0 Å². The van der Waals surface area contributed by atoms with E-state index in [4.69, 9.17) is 27.9 Å². The number of aryl methyl sites for hydroxylation is 1. The van der Waals surface area contributed by atoms with Crippen LogP contribution in [0.1, 0.15) is 22.5 Å². The summed E-state index contributed by atoms with van der Waals surface area (Å²) in [4.78, 5) is 24.0. The molecular weight excluding hydrogens is 451 g/mol. The first-order chi connectivity index (χ1) is 15.3. The molecule has 166 valence electrons. The third-order valence-corrected chi connectivity index (χ3v) is 5.20. The number of hydrogen-bond donors (Lipinski definition) is 2. The van der Waals surface area contributed by atoms with E-state index in [1.807, 2.05) is 36.6 Å². The number of amides is 2. The van der Waals surface area contributed by atoms with Crippen molar-refractivity contribution in [2.45, 2.75) is 20.4 Å². The summed E-state index contributed by atoms with van der Waals surface area (Å²) in [5.74, 6) is -0.924. The Morgan fingerprint density at radius 2 is 1.69 bits per heavy atom. The number of hydrazone groups is 1. The second kappa shape index (κ2) is 10.3. The van der Waals surface area contributed by atoms with Crippen LogP contribution in [0.15, 0.2) is 53.6 Å². The van der Waals surface area contributed by atoms with Crippen LogP contribution in [0.5, 0.6) is 5.75 Å². The Bertz CT molecular complexity index is 1150. The van der Waals surface area contributed by atoms with Gasteiger partial charge in [-0.15, -0.1) is 0 Å². The fraction of sp³-hybridized carbons (Fsp3) is 0.174. The summed E-state index contributed by atoms with van der Waals surface area (Å²) in [6.45, 7) is 4.06. The molecule has 0 radical (unpaired) electrons. The second-order valence-corrected chi connectivity index (χ2v) is 7.89.